The number of nitrogens with zero attached hydrogens (tertiary/aromatic N) is 4. The summed E-state index contributed by atoms with van der Waals surface area (Å²) in [4.78, 5) is 74.9. The Morgan fingerprint density at radius 2 is 1.31 bits per heavy atom. The van der Waals surface area contributed by atoms with Gasteiger partial charge in [0.1, 0.15) is 24.2 Å². The average Bonchev–Trinajstić information content (AvgIpc) is 2.97. The van der Waals surface area contributed by atoms with Gasteiger partial charge in [0, 0.05) is 43.1 Å². The molecule has 12 heteroatoms. The molecule has 0 heterocycles. The standard InChI is InChI=1S/C36H66IN5O6/c1-17-19-20-24(37)29(43)28(30(44)38-25(18-2)31(45)42(16)36(10,11)12)41(15)33(47)27(23(5)6)40(14)32(46)26(21-22(3)4)39(13)34(48)35(7,8)9/h17,19,22-29,43H,18,20-21H2,1-16H3,(H,38,44)/b19-17+/t24-,25?,26+,27+,28+,29-/m1/s1. The van der Waals surface area contributed by atoms with Gasteiger partial charge in [0.15, 0.2) is 0 Å². The van der Waals surface area contributed by atoms with Gasteiger partial charge in [-0.25, -0.2) is 0 Å². The molecule has 0 aromatic rings. The normalized spacial score (nSPS) is 16.2. The Labute approximate surface area is 304 Å². The lowest BCUT2D eigenvalue weighted by Crippen LogP contribution is -2.63. The average molecular weight is 792 g/mol. The summed E-state index contributed by atoms with van der Waals surface area (Å²) >= 11 is 2.07. The lowest BCUT2D eigenvalue weighted by molar-refractivity contribution is -0.156. The van der Waals surface area contributed by atoms with Crippen molar-refractivity contribution in [3.8, 4) is 0 Å². The maximum absolute atomic E-state index is 14.4. The molecule has 0 saturated heterocycles. The van der Waals surface area contributed by atoms with Crippen LogP contribution in [0, 0.1) is 17.3 Å². The molecule has 2 N–H and O–H groups in total. The smallest absolute Gasteiger partial charge is 0.246 e. The van der Waals surface area contributed by atoms with Crippen LogP contribution in [-0.4, -0.2) is 122 Å². The number of halogens is 1. The van der Waals surface area contributed by atoms with E-state index in [1.165, 1.54) is 21.7 Å². The molecule has 0 rings (SSSR count). The number of likely N-dealkylation sites (N-methyl/N-ethyl adjacent to an activating group) is 4. The van der Waals surface area contributed by atoms with E-state index in [2.05, 4.69) is 27.9 Å². The third kappa shape index (κ3) is 12.6. The predicted molar refractivity (Wildman–Crippen MR) is 201 cm³/mol. The second-order valence-corrected chi connectivity index (χ2v) is 17.3. The minimum absolute atomic E-state index is 0.0889. The van der Waals surface area contributed by atoms with Crippen molar-refractivity contribution in [1.82, 2.24) is 24.9 Å². The van der Waals surface area contributed by atoms with Crippen LogP contribution in [0.5, 0.6) is 0 Å². The molecule has 5 amide bonds. The minimum Gasteiger partial charge on any atom is -0.389 e. The quantitative estimate of drug-likeness (QED) is 0.135. The van der Waals surface area contributed by atoms with Crippen LogP contribution in [0.25, 0.3) is 0 Å². The summed E-state index contributed by atoms with van der Waals surface area (Å²) in [6, 6.07) is -4.04. The molecule has 0 aromatic carbocycles. The van der Waals surface area contributed by atoms with Crippen molar-refractivity contribution in [3.63, 3.8) is 0 Å². The van der Waals surface area contributed by atoms with Gasteiger partial charge in [-0.05, 0) is 58.8 Å². The first-order valence-corrected chi connectivity index (χ1v) is 18.3. The van der Waals surface area contributed by atoms with Crippen molar-refractivity contribution in [1.29, 1.82) is 0 Å². The van der Waals surface area contributed by atoms with Crippen molar-refractivity contribution < 1.29 is 29.1 Å². The molecular formula is C36H66IN5O6. The molecule has 278 valence electrons. The van der Waals surface area contributed by atoms with Gasteiger partial charge in [0.25, 0.3) is 0 Å². The van der Waals surface area contributed by atoms with Gasteiger partial charge < -0.3 is 30.0 Å². The summed E-state index contributed by atoms with van der Waals surface area (Å²) in [5, 5.41) is 14.4. The van der Waals surface area contributed by atoms with Crippen LogP contribution >= 0.6 is 22.6 Å². The van der Waals surface area contributed by atoms with E-state index >= 15 is 0 Å². The van der Waals surface area contributed by atoms with E-state index in [1.807, 2.05) is 67.5 Å². The van der Waals surface area contributed by atoms with Crippen LogP contribution in [0.15, 0.2) is 12.2 Å². The molecule has 0 saturated carbocycles. The fraction of sp³-hybridized carbons (Fsp3) is 0.806. The lowest BCUT2D eigenvalue weighted by atomic mass is 9.92. The Kier molecular flexibility index (Phi) is 18.4. The first-order valence-electron chi connectivity index (χ1n) is 17.1. The Hall–Kier alpha value is -2.22. The molecule has 0 spiro atoms. The van der Waals surface area contributed by atoms with Crippen LogP contribution in [0.4, 0.5) is 0 Å². The Bertz CT molecular complexity index is 1130. The molecule has 0 aromatic heterocycles. The van der Waals surface area contributed by atoms with E-state index in [-0.39, 0.29) is 29.6 Å². The SMILES string of the molecule is C/C=C/C[C@@H](I)[C@@H](O)[C@@H](C(=O)NC(CC)C(=O)N(C)C(C)(C)C)N(C)C(=O)[C@H](C(C)C)N(C)C(=O)[C@H](CC(C)C)N(C)C(=O)C(C)(C)C. The summed E-state index contributed by atoms with van der Waals surface area (Å²) in [5.74, 6) is -2.33. The summed E-state index contributed by atoms with van der Waals surface area (Å²) < 4.78 is -0.442. The Morgan fingerprint density at radius 3 is 1.71 bits per heavy atom. The Morgan fingerprint density at radius 1 is 0.812 bits per heavy atom. The van der Waals surface area contributed by atoms with Crippen LogP contribution < -0.4 is 5.32 Å². The van der Waals surface area contributed by atoms with Gasteiger partial charge in [-0.3, -0.25) is 24.0 Å². The number of nitrogens with one attached hydrogen (secondary N) is 1. The van der Waals surface area contributed by atoms with Gasteiger partial charge in [-0.2, -0.15) is 0 Å². The molecule has 0 aliphatic rings. The highest BCUT2D eigenvalue weighted by Crippen LogP contribution is 2.25. The molecule has 0 aliphatic carbocycles. The van der Waals surface area contributed by atoms with Gasteiger partial charge in [0.2, 0.25) is 29.5 Å². The van der Waals surface area contributed by atoms with Crippen molar-refractivity contribution in [2.45, 2.75) is 142 Å². The molecule has 11 nitrogen and oxygen atoms in total. The number of alkyl halides is 1. The van der Waals surface area contributed by atoms with Crippen LogP contribution in [0.2, 0.25) is 0 Å². The van der Waals surface area contributed by atoms with Crippen LogP contribution in [0.3, 0.4) is 0 Å². The number of carbonyl (C=O) groups is 5. The molecule has 1 unspecified atom stereocenters. The number of amides is 5. The van der Waals surface area contributed by atoms with E-state index < -0.39 is 57.0 Å². The predicted octanol–water partition coefficient (Wildman–Crippen LogP) is 4.50. The van der Waals surface area contributed by atoms with Gasteiger partial charge in [-0.15, -0.1) is 0 Å². The largest absolute Gasteiger partial charge is 0.389 e. The van der Waals surface area contributed by atoms with E-state index in [9.17, 15) is 29.1 Å². The van der Waals surface area contributed by atoms with E-state index in [0.717, 1.165) is 0 Å². The van der Waals surface area contributed by atoms with Crippen molar-refractivity contribution in [3.05, 3.63) is 12.2 Å². The third-order valence-electron chi connectivity index (χ3n) is 8.74. The van der Waals surface area contributed by atoms with Gasteiger partial charge in [-0.1, -0.05) is 90.1 Å². The maximum Gasteiger partial charge on any atom is 0.246 e. The molecular weight excluding hydrogens is 725 g/mol. The molecule has 0 bridgehead atoms. The number of hydrogen-bond acceptors (Lipinski definition) is 6. The Balaban J connectivity index is 6.82. The fourth-order valence-electron chi connectivity index (χ4n) is 5.48. The number of aliphatic hydroxyl groups is 1. The third-order valence-corrected chi connectivity index (χ3v) is 9.99. The molecule has 6 atom stereocenters. The number of aliphatic hydroxyl groups excluding tert-OH is 1. The summed E-state index contributed by atoms with van der Waals surface area (Å²) in [5.41, 5.74) is -1.20. The molecule has 0 radical (unpaired) electrons. The van der Waals surface area contributed by atoms with Crippen LogP contribution in [-0.2, 0) is 24.0 Å². The first-order chi connectivity index (χ1) is 21.8. The van der Waals surface area contributed by atoms with E-state index in [0.29, 0.717) is 19.3 Å². The van der Waals surface area contributed by atoms with E-state index in [4.69, 9.17) is 0 Å². The van der Waals surface area contributed by atoms with E-state index in [1.54, 1.807) is 53.7 Å². The zero-order chi connectivity index (χ0) is 38.1. The fourth-order valence-corrected chi connectivity index (χ4v) is 6.17. The number of carbonyl (C=O) groups excluding carboxylic acids is 5. The zero-order valence-corrected chi connectivity index (χ0v) is 34.7. The van der Waals surface area contributed by atoms with Gasteiger partial charge >= 0.3 is 0 Å². The maximum atomic E-state index is 14.4. The number of rotatable bonds is 16. The highest BCUT2D eigenvalue weighted by atomic mass is 127. The lowest BCUT2D eigenvalue weighted by Gasteiger charge is -2.41. The first kappa shape index (κ1) is 45.8. The summed E-state index contributed by atoms with van der Waals surface area (Å²) in [6.07, 6.45) is 3.59. The minimum atomic E-state index is -1.35. The summed E-state index contributed by atoms with van der Waals surface area (Å²) in [6.45, 7) is 22.3. The van der Waals surface area contributed by atoms with Crippen molar-refractivity contribution >= 4 is 52.1 Å². The topological polar surface area (TPSA) is 131 Å². The molecule has 0 fully saturated rings. The highest BCUT2D eigenvalue weighted by Gasteiger charge is 2.44. The van der Waals surface area contributed by atoms with Crippen LogP contribution in [0.1, 0.15) is 102 Å². The second-order valence-electron chi connectivity index (χ2n) is 15.7. The number of hydrogen-bond donors (Lipinski definition) is 2. The molecule has 48 heavy (non-hydrogen) atoms. The number of allylic oxidation sites excluding steroid dienone is 2. The van der Waals surface area contributed by atoms with Crippen molar-refractivity contribution in [2.24, 2.45) is 17.3 Å². The molecule has 0 aliphatic heterocycles. The van der Waals surface area contributed by atoms with Gasteiger partial charge in [0.05, 0.1) is 6.10 Å². The monoisotopic (exact) mass is 791 g/mol. The van der Waals surface area contributed by atoms with Crippen molar-refractivity contribution in [2.75, 3.05) is 28.2 Å². The summed E-state index contributed by atoms with van der Waals surface area (Å²) in [7, 11) is 6.30. The highest BCUT2D eigenvalue weighted by molar-refractivity contribution is 14.1. The zero-order valence-electron chi connectivity index (χ0n) is 32.6. The second kappa shape index (κ2) is 19.2.